The van der Waals surface area contributed by atoms with Crippen LogP contribution in [-0.2, 0) is 9.59 Å². The quantitative estimate of drug-likeness (QED) is 0.806. The van der Waals surface area contributed by atoms with Gasteiger partial charge in [-0.15, -0.1) is 0 Å². The highest BCUT2D eigenvalue weighted by atomic mass is 16.4. The van der Waals surface area contributed by atoms with Gasteiger partial charge in [0.15, 0.2) is 0 Å². The molecule has 0 spiro atoms. The van der Waals surface area contributed by atoms with Crippen LogP contribution in [0.25, 0.3) is 0 Å². The van der Waals surface area contributed by atoms with Crippen molar-refractivity contribution in [1.29, 1.82) is 0 Å². The zero-order valence-electron chi connectivity index (χ0n) is 13.1. The molecule has 1 rings (SSSR count). The van der Waals surface area contributed by atoms with Gasteiger partial charge in [-0.3, -0.25) is 14.5 Å². The number of likely N-dealkylation sites (tertiary alicyclic amines) is 1. The van der Waals surface area contributed by atoms with Gasteiger partial charge in [-0.05, 0) is 52.0 Å². The van der Waals surface area contributed by atoms with Crippen molar-refractivity contribution >= 4 is 11.9 Å². The lowest BCUT2D eigenvalue weighted by Crippen LogP contribution is -2.48. The maximum absolute atomic E-state index is 11.9. The van der Waals surface area contributed by atoms with E-state index in [9.17, 15) is 9.59 Å². The number of piperidine rings is 1. The molecule has 1 aliphatic rings. The molecule has 0 aromatic rings. The zero-order valence-corrected chi connectivity index (χ0v) is 13.1. The standard InChI is InChI=1S/C15H28N2O3/c1-11(8-14(19)20)12-6-5-7-17(9-12)10-13(18)16-15(2,3)4/h11-12H,5-10H2,1-4H3,(H,16,18)(H,19,20). The summed E-state index contributed by atoms with van der Waals surface area (Å²) < 4.78 is 0. The summed E-state index contributed by atoms with van der Waals surface area (Å²) in [6.07, 6.45) is 2.32. The van der Waals surface area contributed by atoms with E-state index in [-0.39, 0.29) is 23.8 Å². The van der Waals surface area contributed by atoms with Crippen LogP contribution in [0.5, 0.6) is 0 Å². The van der Waals surface area contributed by atoms with Crippen molar-refractivity contribution in [2.75, 3.05) is 19.6 Å². The maximum Gasteiger partial charge on any atom is 0.303 e. The average molecular weight is 284 g/mol. The first-order valence-corrected chi connectivity index (χ1v) is 7.42. The highest BCUT2D eigenvalue weighted by molar-refractivity contribution is 5.78. The Hall–Kier alpha value is -1.10. The number of carboxylic acids is 1. The molecule has 5 nitrogen and oxygen atoms in total. The second kappa shape index (κ2) is 7.07. The first-order valence-electron chi connectivity index (χ1n) is 7.42. The van der Waals surface area contributed by atoms with E-state index in [2.05, 4.69) is 10.2 Å². The number of carbonyl (C=O) groups excluding carboxylic acids is 1. The van der Waals surface area contributed by atoms with Gasteiger partial charge in [-0.1, -0.05) is 6.92 Å². The predicted molar refractivity (Wildman–Crippen MR) is 78.5 cm³/mol. The van der Waals surface area contributed by atoms with Gasteiger partial charge in [0.05, 0.1) is 6.54 Å². The number of hydrogen-bond acceptors (Lipinski definition) is 3. The Balaban J connectivity index is 2.44. The van der Waals surface area contributed by atoms with E-state index >= 15 is 0 Å². The fourth-order valence-electron chi connectivity index (χ4n) is 2.80. The summed E-state index contributed by atoms with van der Waals surface area (Å²) in [5, 5.41) is 11.8. The number of rotatable bonds is 5. The van der Waals surface area contributed by atoms with Crippen LogP contribution < -0.4 is 5.32 Å². The molecule has 2 unspecified atom stereocenters. The Morgan fingerprint density at radius 2 is 2.05 bits per heavy atom. The minimum Gasteiger partial charge on any atom is -0.481 e. The number of amides is 1. The van der Waals surface area contributed by atoms with Crippen LogP contribution in [0, 0.1) is 11.8 Å². The third kappa shape index (κ3) is 6.37. The number of nitrogens with one attached hydrogen (secondary N) is 1. The third-order valence-corrected chi connectivity index (χ3v) is 3.72. The van der Waals surface area contributed by atoms with Crippen LogP contribution >= 0.6 is 0 Å². The van der Waals surface area contributed by atoms with Crippen LogP contribution in [0.4, 0.5) is 0 Å². The van der Waals surface area contributed by atoms with Crippen LogP contribution in [0.15, 0.2) is 0 Å². The Bertz CT molecular complexity index is 350. The van der Waals surface area contributed by atoms with Crippen LogP contribution in [0.2, 0.25) is 0 Å². The average Bonchev–Trinajstić information content (AvgIpc) is 2.25. The lowest BCUT2D eigenvalue weighted by Gasteiger charge is -2.35. The highest BCUT2D eigenvalue weighted by Crippen LogP contribution is 2.25. The SMILES string of the molecule is CC(CC(=O)O)C1CCCN(CC(=O)NC(C)(C)C)C1. The molecule has 0 aromatic carbocycles. The minimum absolute atomic E-state index is 0.0454. The summed E-state index contributed by atoms with van der Waals surface area (Å²) in [7, 11) is 0. The molecule has 116 valence electrons. The Labute approximate surface area is 121 Å². The largest absolute Gasteiger partial charge is 0.481 e. The normalized spacial score (nSPS) is 22.3. The summed E-state index contributed by atoms with van der Waals surface area (Å²) in [6, 6.07) is 0. The smallest absolute Gasteiger partial charge is 0.303 e. The lowest BCUT2D eigenvalue weighted by molar-refractivity contribution is -0.138. The summed E-state index contributed by atoms with van der Waals surface area (Å²) in [5.74, 6) is -0.146. The molecule has 0 bridgehead atoms. The van der Waals surface area contributed by atoms with Crippen molar-refractivity contribution in [3.8, 4) is 0 Å². The van der Waals surface area contributed by atoms with E-state index in [4.69, 9.17) is 5.11 Å². The molecule has 1 amide bonds. The number of carbonyl (C=O) groups is 2. The second-order valence-electron chi connectivity index (χ2n) is 7.01. The molecular weight excluding hydrogens is 256 g/mol. The monoisotopic (exact) mass is 284 g/mol. The van der Waals surface area contributed by atoms with Gasteiger partial charge in [0.1, 0.15) is 0 Å². The Morgan fingerprint density at radius 1 is 1.40 bits per heavy atom. The first-order chi connectivity index (χ1) is 9.17. The Morgan fingerprint density at radius 3 is 2.60 bits per heavy atom. The fourth-order valence-corrected chi connectivity index (χ4v) is 2.80. The topological polar surface area (TPSA) is 69.6 Å². The van der Waals surface area contributed by atoms with Crippen LogP contribution in [0.1, 0.15) is 47.0 Å². The first kappa shape index (κ1) is 17.0. The van der Waals surface area contributed by atoms with Gasteiger partial charge in [-0.2, -0.15) is 0 Å². The van der Waals surface area contributed by atoms with E-state index < -0.39 is 5.97 Å². The van der Waals surface area contributed by atoms with Gasteiger partial charge in [0.25, 0.3) is 0 Å². The summed E-state index contributed by atoms with van der Waals surface area (Å²) in [6.45, 7) is 10.1. The van der Waals surface area contributed by atoms with E-state index in [1.807, 2.05) is 27.7 Å². The van der Waals surface area contributed by atoms with Crippen molar-refractivity contribution < 1.29 is 14.7 Å². The van der Waals surface area contributed by atoms with E-state index in [0.29, 0.717) is 12.5 Å². The Kier molecular flexibility index (Phi) is 5.99. The predicted octanol–water partition coefficient (Wildman–Crippen LogP) is 1.72. The molecule has 1 aliphatic heterocycles. The summed E-state index contributed by atoms with van der Waals surface area (Å²) in [4.78, 5) is 24.9. The molecule has 0 radical (unpaired) electrons. The van der Waals surface area contributed by atoms with Crippen LogP contribution in [-0.4, -0.2) is 47.1 Å². The maximum atomic E-state index is 11.9. The second-order valence-corrected chi connectivity index (χ2v) is 7.01. The number of aliphatic carboxylic acids is 1. The number of nitrogens with zero attached hydrogens (tertiary/aromatic N) is 1. The van der Waals surface area contributed by atoms with Gasteiger partial charge >= 0.3 is 5.97 Å². The number of hydrogen-bond donors (Lipinski definition) is 2. The van der Waals surface area contributed by atoms with Gasteiger partial charge in [0.2, 0.25) is 5.91 Å². The van der Waals surface area contributed by atoms with Crippen LogP contribution in [0.3, 0.4) is 0 Å². The summed E-state index contributed by atoms with van der Waals surface area (Å²) >= 11 is 0. The van der Waals surface area contributed by atoms with Gasteiger partial charge < -0.3 is 10.4 Å². The third-order valence-electron chi connectivity index (χ3n) is 3.72. The van der Waals surface area contributed by atoms with E-state index in [0.717, 1.165) is 25.9 Å². The molecular formula is C15H28N2O3. The molecule has 0 aliphatic carbocycles. The van der Waals surface area contributed by atoms with Crippen molar-refractivity contribution in [3.63, 3.8) is 0 Å². The lowest BCUT2D eigenvalue weighted by atomic mass is 9.84. The molecule has 1 fully saturated rings. The van der Waals surface area contributed by atoms with Crippen molar-refractivity contribution in [2.45, 2.75) is 52.5 Å². The summed E-state index contributed by atoms with van der Waals surface area (Å²) in [5.41, 5.74) is -0.205. The highest BCUT2D eigenvalue weighted by Gasteiger charge is 2.27. The molecule has 0 saturated carbocycles. The van der Waals surface area contributed by atoms with Gasteiger partial charge in [-0.25, -0.2) is 0 Å². The van der Waals surface area contributed by atoms with Gasteiger partial charge in [0, 0.05) is 18.5 Å². The zero-order chi connectivity index (χ0) is 15.3. The van der Waals surface area contributed by atoms with Crippen molar-refractivity contribution in [1.82, 2.24) is 10.2 Å². The minimum atomic E-state index is -0.736. The van der Waals surface area contributed by atoms with E-state index in [1.54, 1.807) is 0 Å². The van der Waals surface area contributed by atoms with Crippen molar-refractivity contribution in [2.24, 2.45) is 11.8 Å². The van der Waals surface area contributed by atoms with Crippen molar-refractivity contribution in [3.05, 3.63) is 0 Å². The molecule has 2 atom stereocenters. The molecule has 1 saturated heterocycles. The molecule has 2 N–H and O–H groups in total. The van der Waals surface area contributed by atoms with E-state index in [1.165, 1.54) is 0 Å². The fraction of sp³-hybridized carbons (Fsp3) is 0.867. The molecule has 0 aromatic heterocycles. The molecule has 20 heavy (non-hydrogen) atoms. The number of carboxylic acid groups (broad SMARTS) is 1. The molecule has 1 heterocycles. The molecule has 5 heteroatoms.